The maximum Gasteiger partial charge on any atom is 0.222 e. The molecule has 1 saturated heterocycles. The number of ether oxygens (including phenoxy) is 1. The Labute approximate surface area is 174 Å². The van der Waals surface area contributed by atoms with Crippen LogP contribution in [-0.4, -0.2) is 44.7 Å². The van der Waals surface area contributed by atoms with Gasteiger partial charge in [-0.3, -0.25) is 4.79 Å². The van der Waals surface area contributed by atoms with Crippen molar-refractivity contribution in [2.75, 3.05) is 20.2 Å². The van der Waals surface area contributed by atoms with Gasteiger partial charge in [-0.25, -0.2) is 8.42 Å². The van der Waals surface area contributed by atoms with Crippen LogP contribution in [0.25, 0.3) is 0 Å². The molecule has 2 aromatic rings. The van der Waals surface area contributed by atoms with Crippen LogP contribution in [-0.2, 0) is 21.1 Å². The van der Waals surface area contributed by atoms with Gasteiger partial charge in [0.25, 0.3) is 0 Å². The molecule has 1 heterocycles. The molecular formula is C21H24BrNO4S. The summed E-state index contributed by atoms with van der Waals surface area (Å²) >= 11 is 3.50. The molecule has 0 N–H and O–H groups in total. The first-order chi connectivity index (χ1) is 13.4. The van der Waals surface area contributed by atoms with Gasteiger partial charge >= 0.3 is 0 Å². The van der Waals surface area contributed by atoms with Gasteiger partial charge in [0, 0.05) is 24.0 Å². The number of amides is 1. The minimum absolute atomic E-state index is 0.0797. The molecule has 0 bridgehead atoms. The fourth-order valence-corrected chi connectivity index (χ4v) is 5.69. The summed E-state index contributed by atoms with van der Waals surface area (Å²) < 4.78 is 31.8. The van der Waals surface area contributed by atoms with E-state index in [1.54, 1.807) is 36.3 Å². The van der Waals surface area contributed by atoms with Crippen molar-refractivity contribution in [3.8, 4) is 5.75 Å². The number of hydrogen-bond donors (Lipinski definition) is 0. The lowest BCUT2D eigenvalue weighted by atomic mass is 10.1. The van der Waals surface area contributed by atoms with Gasteiger partial charge in [-0.2, -0.15) is 0 Å². The number of rotatable bonds is 6. The normalized spacial score (nSPS) is 15.4. The second-order valence-corrected chi connectivity index (χ2v) is 9.97. The van der Waals surface area contributed by atoms with Gasteiger partial charge < -0.3 is 9.64 Å². The SMILES string of the molecule is COc1ccc(S(=O)(=O)C2CCN(C(=O)CCc3ccccc3Br)CC2)cc1. The Morgan fingerprint density at radius 3 is 2.36 bits per heavy atom. The van der Waals surface area contributed by atoms with E-state index in [0.29, 0.717) is 49.4 Å². The van der Waals surface area contributed by atoms with E-state index in [1.165, 1.54) is 0 Å². The van der Waals surface area contributed by atoms with E-state index in [2.05, 4.69) is 15.9 Å². The highest BCUT2D eigenvalue weighted by Gasteiger charge is 2.32. The summed E-state index contributed by atoms with van der Waals surface area (Å²) in [4.78, 5) is 14.6. The zero-order valence-corrected chi connectivity index (χ0v) is 18.2. The molecule has 0 unspecified atom stereocenters. The average Bonchev–Trinajstić information content (AvgIpc) is 2.73. The largest absolute Gasteiger partial charge is 0.497 e. The number of nitrogens with zero attached hydrogens (tertiary/aromatic N) is 1. The van der Waals surface area contributed by atoms with Gasteiger partial charge in [0.2, 0.25) is 5.91 Å². The van der Waals surface area contributed by atoms with Crippen LogP contribution in [0.1, 0.15) is 24.8 Å². The molecule has 0 atom stereocenters. The summed E-state index contributed by atoms with van der Waals surface area (Å²) in [5.41, 5.74) is 1.10. The number of hydrogen-bond acceptors (Lipinski definition) is 4. The van der Waals surface area contributed by atoms with Crippen LogP contribution in [0.5, 0.6) is 5.75 Å². The monoisotopic (exact) mass is 465 g/mol. The van der Waals surface area contributed by atoms with E-state index in [0.717, 1.165) is 10.0 Å². The van der Waals surface area contributed by atoms with Crippen molar-refractivity contribution in [2.45, 2.75) is 35.8 Å². The van der Waals surface area contributed by atoms with Gasteiger partial charge in [0.15, 0.2) is 9.84 Å². The molecular weight excluding hydrogens is 442 g/mol. The Morgan fingerprint density at radius 2 is 1.75 bits per heavy atom. The molecule has 1 aliphatic rings. The van der Waals surface area contributed by atoms with Gasteiger partial charge in [0.05, 0.1) is 17.3 Å². The number of carbonyl (C=O) groups excluding carboxylic acids is 1. The maximum absolute atomic E-state index is 12.9. The molecule has 5 nitrogen and oxygen atoms in total. The molecule has 0 radical (unpaired) electrons. The molecule has 28 heavy (non-hydrogen) atoms. The number of piperidine rings is 1. The quantitative estimate of drug-likeness (QED) is 0.649. The third-order valence-corrected chi connectivity index (χ3v) is 8.24. The number of carbonyl (C=O) groups is 1. The first kappa shape index (κ1) is 20.9. The summed E-state index contributed by atoms with van der Waals surface area (Å²) in [6.45, 7) is 0.962. The molecule has 7 heteroatoms. The lowest BCUT2D eigenvalue weighted by Gasteiger charge is -2.32. The first-order valence-corrected chi connectivity index (χ1v) is 11.6. The number of methoxy groups -OCH3 is 1. The zero-order valence-electron chi connectivity index (χ0n) is 15.8. The molecule has 3 rings (SSSR count). The van der Waals surface area contributed by atoms with E-state index in [4.69, 9.17) is 4.74 Å². The van der Waals surface area contributed by atoms with Crippen LogP contribution in [0.15, 0.2) is 57.9 Å². The predicted molar refractivity (Wildman–Crippen MR) is 112 cm³/mol. The second kappa shape index (κ2) is 9.09. The topological polar surface area (TPSA) is 63.7 Å². The van der Waals surface area contributed by atoms with Crippen LogP contribution in [0.2, 0.25) is 0 Å². The number of halogens is 1. The van der Waals surface area contributed by atoms with E-state index in [1.807, 2.05) is 24.3 Å². The van der Waals surface area contributed by atoms with Gasteiger partial charge in [-0.1, -0.05) is 34.1 Å². The van der Waals surface area contributed by atoms with Crippen molar-refractivity contribution in [1.29, 1.82) is 0 Å². The molecule has 2 aromatic carbocycles. The molecule has 150 valence electrons. The van der Waals surface area contributed by atoms with E-state index >= 15 is 0 Å². The van der Waals surface area contributed by atoms with Crippen LogP contribution >= 0.6 is 15.9 Å². The number of benzene rings is 2. The standard InChI is InChI=1S/C21H24BrNO4S/c1-27-17-7-9-18(10-8-17)28(25,26)19-12-14-23(15-13-19)21(24)11-6-16-4-2-3-5-20(16)22/h2-5,7-10,19H,6,11-15H2,1H3. The molecule has 0 aliphatic carbocycles. The Bertz CT molecular complexity index is 920. The fourth-order valence-electron chi connectivity index (χ4n) is 3.47. The first-order valence-electron chi connectivity index (χ1n) is 9.31. The third kappa shape index (κ3) is 4.75. The minimum Gasteiger partial charge on any atom is -0.497 e. The smallest absolute Gasteiger partial charge is 0.222 e. The van der Waals surface area contributed by atoms with E-state index in [-0.39, 0.29) is 5.91 Å². The molecule has 1 aliphatic heterocycles. The third-order valence-electron chi connectivity index (χ3n) is 5.19. The average molecular weight is 466 g/mol. The van der Waals surface area contributed by atoms with Crippen molar-refractivity contribution in [1.82, 2.24) is 4.90 Å². The zero-order chi connectivity index (χ0) is 20.1. The summed E-state index contributed by atoms with van der Waals surface area (Å²) in [7, 11) is -1.85. The molecule has 0 saturated carbocycles. The number of aryl methyl sites for hydroxylation is 1. The Balaban J connectivity index is 1.55. The van der Waals surface area contributed by atoms with Crippen molar-refractivity contribution in [3.05, 3.63) is 58.6 Å². The number of likely N-dealkylation sites (tertiary alicyclic amines) is 1. The highest BCUT2D eigenvalue weighted by Crippen LogP contribution is 2.26. The lowest BCUT2D eigenvalue weighted by molar-refractivity contribution is -0.132. The Morgan fingerprint density at radius 1 is 1.11 bits per heavy atom. The van der Waals surface area contributed by atoms with Crippen molar-refractivity contribution < 1.29 is 17.9 Å². The summed E-state index contributed by atoms with van der Waals surface area (Å²) in [6.07, 6.45) is 2.03. The highest BCUT2D eigenvalue weighted by molar-refractivity contribution is 9.10. The Hall–Kier alpha value is -1.86. The summed E-state index contributed by atoms with van der Waals surface area (Å²) in [5.74, 6) is 0.709. The number of sulfone groups is 1. The van der Waals surface area contributed by atoms with E-state index < -0.39 is 15.1 Å². The van der Waals surface area contributed by atoms with Crippen molar-refractivity contribution >= 4 is 31.7 Å². The highest BCUT2D eigenvalue weighted by atomic mass is 79.9. The fraction of sp³-hybridized carbons (Fsp3) is 0.381. The molecule has 0 spiro atoms. The van der Waals surface area contributed by atoms with Crippen LogP contribution in [0.3, 0.4) is 0 Å². The summed E-state index contributed by atoms with van der Waals surface area (Å²) in [6, 6.07) is 14.4. The van der Waals surface area contributed by atoms with Crippen LogP contribution < -0.4 is 4.74 Å². The van der Waals surface area contributed by atoms with Crippen molar-refractivity contribution in [3.63, 3.8) is 0 Å². The maximum atomic E-state index is 12.9. The molecule has 0 aromatic heterocycles. The van der Waals surface area contributed by atoms with E-state index in [9.17, 15) is 13.2 Å². The molecule has 1 fully saturated rings. The van der Waals surface area contributed by atoms with Crippen molar-refractivity contribution in [2.24, 2.45) is 0 Å². The van der Waals surface area contributed by atoms with Gasteiger partial charge in [0.1, 0.15) is 5.75 Å². The predicted octanol–water partition coefficient (Wildman–Crippen LogP) is 3.86. The van der Waals surface area contributed by atoms with Gasteiger partial charge in [-0.15, -0.1) is 0 Å². The molecule has 1 amide bonds. The van der Waals surface area contributed by atoms with Crippen LogP contribution in [0.4, 0.5) is 0 Å². The second-order valence-electron chi connectivity index (χ2n) is 6.89. The lowest BCUT2D eigenvalue weighted by Crippen LogP contribution is -2.42. The summed E-state index contributed by atoms with van der Waals surface area (Å²) in [5, 5.41) is -0.451. The van der Waals surface area contributed by atoms with Crippen LogP contribution in [0, 0.1) is 0 Å². The minimum atomic E-state index is -3.40. The Kier molecular flexibility index (Phi) is 6.78. The van der Waals surface area contributed by atoms with Gasteiger partial charge in [-0.05, 0) is 55.2 Å².